The topological polar surface area (TPSA) is 91.0 Å². The van der Waals surface area contributed by atoms with Gasteiger partial charge in [0.2, 0.25) is 5.91 Å². The molecule has 1 fully saturated rings. The molecule has 1 aromatic rings. The average molecular weight is 455 g/mol. The number of hydrogen-bond donors (Lipinski definition) is 2. The summed E-state index contributed by atoms with van der Waals surface area (Å²) in [4.78, 5) is 39.9. The van der Waals surface area contributed by atoms with Crippen molar-refractivity contribution in [3.05, 3.63) is 28.7 Å². The van der Waals surface area contributed by atoms with Crippen LogP contribution in [0.25, 0.3) is 0 Å². The Morgan fingerprint density at radius 1 is 1.18 bits per heavy atom. The molecule has 4 amide bonds. The van der Waals surface area contributed by atoms with Crippen molar-refractivity contribution in [2.45, 2.75) is 39.3 Å². The third-order valence-corrected chi connectivity index (χ3v) is 4.64. The van der Waals surface area contributed by atoms with Gasteiger partial charge in [0, 0.05) is 35.8 Å². The molecular weight excluding hydrogens is 428 g/mol. The lowest BCUT2D eigenvalue weighted by Crippen LogP contribution is -2.57. The number of nitrogens with zero attached hydrogens (tertiary/aromatic N) is 2. The molecule has 0 radical (unpaired) electrons. The monoisotopic (exact) mass is 454 g/mol. The zero-order valence-corrected chi connectivity index (χ0v) is 18.2. The second-order valence-corrected chi connectivity index (χ2v) is 8.59. The van der Waals surface area contributed by atoms with Crippen LogP contribution >= 0.6 is 15.9 Å². The van der Waals surface area contributed by atoms with E-state index in [-0.39, 0.29) is 24.6 Å². The van der Waals surface area contributed by atoms with Crippen molar-refractivity contribution in [1.29, 1.82) is 0 Å². The summed E-state index contributed by atoms with van der Waals surface area (Å²) in [5.41, 5.74) is 0.0725. The van der Waals surface area contributed by atoms with Gasteiger partial charge in [0.25, 0.3) is 0 Å². The maximum absolute atomic E-state index is 12.4. The summed E-state index contributed by atoms with van der Waals surface area (Å²) in [6.45, 7) is 8.42. The first-order chi connectivity index (χ1) is 13.0. The molecule has 0 aliphatic carbocycles. The molecule has 0 spiro atoms. The summed E-state index contributed by atoms with van der Waals surface area (Å²) in [7, 11) is 0. The molecule has 1 aliphatic rings. The second-order valence-electron chi connectivity index (χ2n) is 7.68. The number of carbonyl (C=O) groups is 3. The van der Waals surface area contributed by atoms with Crippen molar-refractivity contribution in [2.24, 2.45) is 0 Å². The fourth-order valence-corrected chi connectivity index (χ4v) is 3.02. The van der Waals surface area contributed by atoms with Gasteiger partial charge in [-0.25, -0.2) is 9.59 Å². The minimum atomic E-state index is -0.560. The Bertz CT molecular complexity index is 718. The van der Waals surface area contributed by atoms with E-state index in [1.54, 1.807) is 21.9 Å². The smallest absolute Gasteiger partial charge is 0.410 e. The van der Waals surface area contributed by atoms with Gasteiger partial charge >= 0.3 is 12.1 Å². The Kier molecular flexibility index (Phi) is 7.29. The molecule has 28 heavy (non-hydrogen) atoms. The van der Waals surface area contributed by atoms with E-state index in [0.717, 1.165) is 4.47 Å². The number of piperazine rings is 1. The van der Waals surface area contributed by atoms with Crippen molar-refractivity contribution in [1.82, 2.24) is 15.1 Å². The van der Waals surface area contributed by atoms with Gasteiger partial charge in [0.05, 0.1) is 6.54 Å². The number of rotatable bonds is 3. The summed E-state index contributed by atoms with van der Waals surface area (Å²) in [5.74, 6) is -0.193. The molecule has 2 rings (SSSR count). The minimum absolute atomic E-state index is 0.110. The number of urea groups is 1. The van der Waals surface area contributed by atoms with E-state index in [0.29, 0.717) is 25.3 Å². The average Bonchev–Trinajstić information content (AvgIpc) is 2.60. The van der Waals surface area contributed by atoms with Crippen molar-refractivity contribution < 1.29 is 19.1 Å². The second kappa shape index (κ2) is 9.27. The van der Waals surface area contributed by atoms with Crippen molar-refractivity contribution >= 4 is 39.6 Å². The van der Waals surface area contributed by atoms with Gasteiger partial charge in [-0.15, -0.1) is 0 Å². The lowest BCUT2D eigenvalue weighted by Gasteiger charge is -2.40. The standard InChI is InChI=1S/C19H27BrN4O4/c1-13-12-23(9-10-24(13)18(27)28-19(2,3)4)16(25)11-21-17(26)22-15-7-5-14(20)6-8-15/h5-8,13H,9-12H2,1-4H3,(H2,21,22,26). The molecule has 1 aliphatic heterocycles. The van der Waals surface area contributed by atoms with E-state index in [1.165, 1.54) is 0 Å². The predicted molar refractivity (Wildman–Crippen MR) is 110 cm³/mol. The Hall–Kier alpha value is -2.29. The van der Waals surface area contributed by atoms with Crippen LogP contribution in [0.5, 0.6) is 0 Å². The molecule has 9 heteroatoms. The van der Waals surface area contributed by atoms with Crippen molar-refractivity contribution in [3.63, 3.8) is 0 Å². The lowest BCUT2D eigenvalue weighted by atomic mass is 10.2. The van der Waals surface area contributed by atoms with Gasteiger partial charge in [-0.05, 0) is 52.0 Å². The highest BCUT2D eigenvalue weighted by atomic mass is 79.9. The van der Waals surface area contributed by atoms with Crippen LogP contribution in [0.1, 0.15) is 27.7 Å². The maximum Gasteiger partial charge on any atom is 0.410 e. The van der Waals surface area contributed by atoms with E-state index in [1.807, 2.05) is 39.8 Å². The summed E-state index contributed by atoms with van der Waals surface area (Å²) >= 11 is 3.33. The zero-order valence-electron chi connectivity index (χ0n) is 16.6. The third kappa shape index (κ3) is 6.70. The molecular formula is C19H27BrN4O4. The van der Waals surface area contributed by atoms with Crippen LogP contribution in [-0.2, 0) is 9.53 Å². The Labute approximate surface area is 173 Å². The lowest BCUT2D eigenvalue weighted by molar-refractivity contribution is -0.132. The van der Waals surface area contributed by atoms with Gasteiger partial charge in [0.1, 0.15) is 5.60 Å². The Morgan fingerprint density at radius 3 is 2.39 bits per heavy atom. The number of benzene rings is 1. The van der Waals surface area contributed by atoms with Crippen LogP contribution in [0.4, 0.5) is 15.3 Å². The van der Waals surface area contributed by atoms with Crippen LogP contribution in [0, 0.1) is 0 Å². The van der Waals surface area contributed by atoms with Gasteiger partial charge in [-0.3, -0.25) is 4.79 Å². The third-order valence-electron chi connectivity index (χ3n) is 4.11. The SMILES string of the molecule is CC1CN(C(=O)CNC(=O)Nc2ccc(Br)cc2)CCN1C(=O)OC(C)(C)C. The molecule has 1 aromatic carbocycles. The number of halogens is 1. The molecule has 0 saturated carbocycles. The first-order valence-corrected chi connectivity index (χ1v) is 9.92. The largest absolute Gasteiger partial charge is 0.444 e. The molecule has 1 unspecified atom stereocenters. The highest BCUT2D eigenvalue weighted by Crippen LogP contribution is 2.16. The number of carbonyl (C=O) groups excluding carboxylic acids is 3. The Morgan fingerprint density at radius 2 is 1.82 bits per heavy atom. The molecule has 1 heterocycles. The summed E-state index contributed by atoms with van der Waals surface area (Å²) in [6.07, 6.45) is -0.376. The first-order valence-electron chi connectivity index (χ1n) is 9.13. The molecule has 1 atom stereocenters. The number of hydrogen-bond acceptors (Lipinski definition) is 4. The molecule has 2 N–H and O–H groups in total. The van der Waals surface area contributed by atoms with E-state index in [4.69, 9.17) is 4.74 Å². The number of anilines is 1. The van der Waals surface area contributed by atoms with Crippen molar-refractivity contribution in [3.8, 4) is 0 Å². The van der Waals surface area contributed by atoms with Crippen LogP contribution in [-0.4, -0.2) is 65.7 Å². The van der Waals surface area contributed by atoms with Crippen LogP contribution in [0.3, 0.4) is 0 Å². The molecule has 0 aromatic heterocycles. The summed E-state index contributed by atoms with van der Waals surface area (Å²) in [5, 5.41) is 5.23. The minimum Gasteiger partial charge on any atom is -0.444 e. The molecule has 8 nitrogen and oxygen atoms in total. The fraction of sp³-hybridized carbons (Fsp3) is 0.526. The summed E-state index contributed by atoms with van der Waals surface area (Å²) in [6, 6.07) is 6.52. The first kappa shape index (κ1) is 22.0. The highest BCUT2D eigenvalue weighted by molar-refractivity contribution is 9.10. The van der Waals surface area contributed by atoms with E-state index < -0.39 is 11.6 Å². The summed E-state index contributed by atoms with van der Waals surface area (Å²) < 4.78 is 6.31. The van der Waals surface area contributed by atoms with E-state index >= 15 is 0 Å². The quantitative estimate of drug-likeness (QED) is 0.733. The maximum atomic E-state index is 12.4. The van der Waals surface area contributed by atoms with E-state index in [9.17, 15) is 14.4 Å². The highest BCUT2D eigenvalue weighted by Gasteiger charge is 2.32. The number of nitrogens with one attached hydrogen (secondary N) is 2. The number of amides is 4. The molecule has 1 saturated heterocycles. The normalized spacial score (nSPS) is 17.1. The predicted octanol–water partition coefficient (Wildman–Crippen LogP) is 3.04. The van der Waals surface area contributed by atoms with Gasteiger partial charge in [-0.1, -0.05) is 15.9 Å². The number of ether oxygens (including phenoxy) is 1. The molecule has 154 valence electrons. The van der Waals surface area contributed by atoms with Crippen LogP contribution in [0.15, 0.2) is 28.7 Å². The van der Waals surface area contributed by atoms with E-state index in [2.05, 4.69) is 26.6 Å². The Balaban J connectivity index is 1.78. The zero-order chi connectivity index (χ0) is 20.9. The van der Waals surface area contributed by atoms with Gasteiger partial charge < -0.3 is 25.2 Å². The van der Waals surface area contributed by atoms with Crippen molar-refractivity contribution in [2.75, 3.05) is 31.5 Å². The van der Waals surface area contributed by atoms with Crippen LogP contribution < -0.4 is 10.6 Å². The van der Waals surface area contributed by atoms with Crippen LogP contribution in [0.2, 0.25) is 0 Å². The van der Waals surface area contributed by atoms with Gasteiger partial charge in [0.15, 0.2) is 0 Å². The molecule has 0 bridgehead atoms. The van der Waals surface area contributed by atoms with Gasteiger partial charge in [-0.2, -0.15) is 0 Å². The fourth-order valence-electron chi connectivity index (χ4n) is 2.75.